The molecule has 0 fully saturated rings. The lowest BCUT2D eigenvalue weighted by atomic mass is 9.99. The molecule has 3 rings (SSSR count). The van der Waals surface area contributed by atoms with Gasteiger partial charge in [0, 0.05) is 11.1 Å². The lowest BCUT2D eigenvalue weighted by Gasteiger charge is -2.18. The van der Waals surface area contributed by atoms with Crippen LogP contribution in [-0.2, 0) is 11.0 Å². The zero-order valence-electron chi connectivity index (χ0n) is 17.5. The van der Waals surface area contributed by atoms with Gasteiger partial charge >= 0.3 is 6.18 Å². The number of hydrogen-bond acceptors (Lipinski definition) is 4. The highest BCUT2D eigenvalue weighted by Crippen LogP contribution is 2.38. The van der Waals surface area contributed by atoms with E-state index < -0.39 is 43.1 Å². The number of allylic oxidation sites excluding steroid dienone is 1. The first-order valence-electron chi connectivity index (χ1n) is 10.0. The number of rotatable bonds is 8. The van der Waals surface area contributed by atoms with Gasteiger partial charge in [-0.3, -0.25) is 0 Å². The lowest BCUT2D eigenvalue weighted by molar-refractivity contribution is -0.139. The molecule has 9 heteroatoms. The average molecular weight is 454 g/mol. The van der Waals surface area contributed by atoms with Gasteiger partial charge in [-0.1, -0.05) is 37.3 Å². The summed E-state index contributed by atoms with van der Waals surface area (Å²) in [5.41, 5.74) is 4.41. The largest absolute Gasteiger partial charge is 0.484 e. The van der Waals surface area contributed by atoms with Crippen LogP contribution in [-0.4, -0.2) is 25.4 Å². The highest BCUT2D eigenvalue weighted by atomic mass is 19.4. The molecule has 4 nitrogen and oxygen atoms in total. The van der Waals surface area contributed by atoms with Crippen LogP contribution in [0.25, 0.3) is 6.08 Å². The molecule has 0 amide bonds. The molecule has 1 aliphatic heterocycles. The Hall–Kier alpha value is -2.94. The summed E-state index contributed by atoms with van der Waals surface area (Å²) in [7, 11) is 0. The van der Waals surface area contributed by atoms with Crippen LogP contribution < -0.4 is 10.2 Å². The van der Waals surface area contributed by atoms with Gasteiger partial charge < -0.3 is 9.57 Å². The predicted octanol–water partition coefficient (Wildman–Crippen LogP) is 6.10. The second kappa shape index (κ2) is 10.1. The van der Waals surface area contributed by atoms with E-state index in [0.717, 1.165) is 35.2 Å². The van der Waals surface area contributed by atoms with Gasteiger partial charge in [-0.25, -0.2) is 13.8 Å². The number of nitrogens with one attached hydrogen (secondary N) is 1. The van der Waals surface area contributed by atoms with Gasteiger partial charge in [0.2, 0.25) is 5.90 Å². The van der Waals surface area contributed by atoms with E-state index in [9.17, 15) is 22.0 Å². The van der Waals surface area contributed by atoms with Crippen molar-refractivity contribution in [2.24, 2.45) is 4.99 Å². The minimum atomic E-state index is -4.80. The Kier molecular flexibility index (Phi) is 7.50. The maximum Gasteiger partial charge on any atom is 0.419 e. The van der Waals surface area contributed by atoms with Crippen molar-refractivity contribution in [3.05, 3.63) is 70.3 Å². The number of benzene rings is 2. The Balaban J connectivity index is 1.95. The maximum absolute atomic E-state index is 13.6. The van der Waals surface area contributed by atoms with Crippen molar-refractivity contribution < 1.29 is 31.5 Å². The number of nitrogens with zero attached hydrogens (tertiary/aromatic N) is 1. The fraction of sp³-hybridized carbons (Fsp3) is 0.348. The highest BCUT2D eigenvalue weighted by Gasteiger charge is 2.36. The van der Waals surface area contributed by atoms with Gasteiger partial charge in [0.25, 0.3) is 0 Å². The van der Waals surface area contributed by atoms with Crippen molar-refractivity contribution in [1.82, 2.24) is 5.48 Å². The molecule has 0 aromatic heterocycles. The molecule has 1 heterocycles. The summed E-state index contributed by atoms with van der Waals surface area (Å²) < 4.78 is 71.0. The Morgan fingerprint density at radius 1 is 1.19 bits per heavy atom. The number of aliphatic imine (C=N–C) groups is 1. The zero-order chi connectivity index (χ0) is 23.3. The second-order valence-corrected chi connectivity index (χ2v) is 7.20. The van der Waals surface area contributed by atoms with Crippen LogP contribution in [0.15, 0.2) is 47.5 Å². The van der Waals surface area contributed by atoms with Gasteiger partial charge in [0.15, 0.2) is 12.3 Å². The molecule has 0 bridgehead atoms. The van der Waals surface area contributed by atoms with E-state index in [-0.39, 0.29) is 11.5 Å². The van der Waals surface area contributed by atoms with E-state index in [1.54, 1.807) is 0 Å². The van der Waals surface area contributed by atoms with E-state index in [1.165, 1.54) is 6.07 Å². The third kappa shape index (κ3) is 5.27. The molecule has 0 spiro atoms. The SMILES string of the molecule is CC/C=C\c1c(C)cccc1C1N=C(c2ccc(OC(CF)CF)c(C(F)(F)F)c2)ON1. The smallest absolute Gasteiger partial charge is 0.419 e. The van der Waals surface area contributed by atoms with E-state index in [1.807, 2.05) is 44.2 Å². The number of halogens is 5. The van der Waals surface area contributed by atoms with Crippen LogP contribution in [0.5, 0.6) is 5.75 Å². The fourth-order valence-electron chi connectivity index (χ4n) is 3.22. The minimum Gasteiger partial charge on any atom is -0.484 e. The first-order chi connectivity index (χ1) is 15.3. The monoisotopic (exact) mass is 454 g/mol. The highest BCUT2D eigenvalue weighted by molar-refractivity contribution is 5.95. The standard InChI is InChI=1S/C23H23F5N2O2/c1-3-4-7-17-14(2)6-5-8-18(17)21-29-22(32-30-21)15-9-10-20(31-16(12-24)13-25)19(11-15)23(26,27)28/h4-11,16,21,30H,3,12-13H2,1-2H3/b7-4-. The van der Waals surface area contributed by atoms with Crippen LogP contribution in [0.2, 0.25) is 0 Å². The van der Waals surface area contributed by atoms with Crippen molar-refractivity contribution in [2.45, 2.75) is 38.7 Å². The first-order valence-corrected chi connectivity index (χ1v) is 10.0. The van der Waals surface area contributed by atoms with Crippen molar-refractivity contribution in [3.63, 3.8) is 0 Å². The third-order valence-electron chi connectivity index (χ3n) is 4.86. The molecular formula is C23H23F5N2O2. The Morgan fingerprint density at radius 3 is 2.59 bits per heavy atom. The molecule has 1 N–H and O–H groups in total. The van der Waals surface area contributed by atoms with Crippen LogP contribution in [0, 0.1) is 6.92 Å². The summed E-state index contributed by atoms with van der Waals surface area (Å²) in [6.07, 6.45) is -2.21. The predicted molar refractivity (Wildman–Crippen MR) is 112 cm³/mol. The Morgan fingerprint density at radius 2 is 1.94 bits per heavy atom. The number of ether oxygens (including phenoxy) is 1. The molecule has 32 heavy (non-hydrogen) atoms. The molecule has 172 valence electrons. The molecule has 0 saturated heterocycles. The normalized spacial score (nSPS) is 16.5. The Bertz CT molecular complexity index is 1000. The van der Waals surface area contributed by atoms with Crippen LogP contribution >= 0.6 is 0 Å². The average Bonchev–Trinajstić information content (AvgIpc) is 3.26. The zero-order valence-corrected chi connectivity index (χ0v) is 17.5. The van der Waals surface area contributed by atoms with Gasteiger partial charge in [-0.2, -0.15) is 13.2 Å². The molecule has 0 saturated carbocycles. The van der Waals surface area contributed by atoms with Crippen molar-refractivity contribution in [3.8, 4) is 5.75 Å². The molecular weight excluding hydrogens is 431 g/mol. The van der Waals surface area contributed by atoms with Gasteiger partial charge in [0.05, 0.1) is 5.56 Å². The van der Waals surface area contributed by atoms with Crippen molar-refractivity contribution >= 4 is 12.0 Å². The van der Waals surface area contributed by atoms with E-state index >= 15 is 0 Å². The summed E-state index contributed by atoms with van der Waals surface area (Å²) in [5.74, 6) is -0.693. The number of aryl methyl sites for hydroxylation is 1. The summed E-state index contributed by atoms with van der Waals surface area (Å²) in [6, 6.07) is 8.79. The lowest BCUT2D eigenvalue weighted by Crippen LogP contribution is -2.23. The molecule has 1 atom stereocenters. The second-order valence-electron chi connectivity index (χ2n) is 7.20. The number of hydroxylamine groups is 1. The molecule has 2 aromatic carbocycles. The molecule has 0 radical (unpaired) electrons. The maximum atomic E-state index is 13.6. The van der Waals surface area contributed by atoms with E-state index in [2.05, 4.69) is 10.5 Å². The molecule has 0 aliphatic carbocycles. The summed E-state index contributed by atoms with van der Waals surface area (Å²) >= 11 is 0. The number of hydrogen-bond donors (Lipinski definition) is 1. The van der Waals surface area contributed by atoms with Crippen LogP contribution in [0.1, 0.15) is 47.3 Å². The molecule has 2 aromatic rings. The van der Waals surface area contributed by atoms with Gasteiger partial charge in [-0.05, 0) is 42.7 Å². The fourth-order valence-corrected chi connectivity index (χ4v) is 3.22. The topological polar surface area (TPSA) is 42.9 Å². The third-order valence-corrected chi connectivity index (χ3v) is 4.86. The molecule has 1 aliphatic rings. The first kappa shape index (κ1) is 23.7. The van der Waals surface area contributed by atoms with E-state index in [4.69, 9.17) is 9.57 Å². The summed E-state index contributed by atoms with van der Waals surface area (Å²) in [5, 5.41) is 0. The summed E-state index contributed by atoms with van der Waals surface area (Å²) in [4.78, 5) is 9.79. The van der Waals surface area contributed by atoms with Crippen LogP contribution in [0.4, 0.5) is 22.0 Å². The summed E-state index contributed by atoms with van der Waals surface area (Å²) in [6.45, 7) is 1.47. The quantitative estimate of drug-likeness (QED) is 0.490. The van der Waals surface area contributed by atoms with E-state index in [0.29, 0.717) is 0 Å². The van der Waals surface area contributed by atoms with Crippen molar-refractivity contribution in [1.29, 1.82) is 0 Å². The Labute approximate surface area is 182 Å². The number of alkyl halides is 5. The molecule has 1 unspecified atom stereocenters. The van der Waals surface area contributed by atoms with Crippen LogP contribution in [0.3, 0.4) is 0 Å². The van der Waals surface area contributed by atoms with Crippen molar-refractivity contribution in [2.75, 3.05) is 13.3 Å². The van der Waals surface area contributed by atoms with Gasteiger partial charge in [0.1, 0.15) is 19.1 Å². The minimum absolute atomic E-state index is 0.0356. The van der Waals surface area contributed by atoms with Gasteiger partial charge in [-0.15, -0.1) is 5.48 Å².